The molecule has 0 aliphatic rings. The van der Waals surface area contributed by atoms with Crippen molar-refractivity contribution in [3.05, 3.63) is 17.1 Å². The number of unbranched alkanes of at least 4 members (excludes halogenated alkanes) is 5. The summed E-state index contributed by atoms with van der Waals surface area (Å²) < 4.78 is 0. The number of rotatable bonds is 8. The molecule has 0 saturated carbocycles. The summed E-state index contributed by atoms with van der Waals surface area (Å²) >= 11 is 0. The van der Waals surface area contributed by atoms with Crippen LogP contribution in [0.15, 0.2) is 17.5 Å². The lowest BCUT2D eigenvalue weighted by atomic mass is 10.1. The normalized spacial score (nSPS) is 10.4. The second-order valence-corrected chi connectivity index (χ2v) is 3.09. The van der Waals surface area contributed by atoms with Crippen LogP contribution in [0.5, 0.6) is 0 Å². The second-order valence-electron chi connectivity index (χ2n) is 3.09. The van der Waals surface area contributed by atoms with Crippen molar-refractivity contribution in [2.75, 3.05) is 0 Å². The van der Waals surface area contributed by atoms with Crippen LogP contribution in [0.1, 0.15) is 45.4 Å². The van der Waals surface area contributed by atoms with Crippen LogP contribution in [0.4, 0.5) is 0 Å². The molecule has 0 radical (unpaired) electrons. The molecule has 0 saturated heterocycles. The molecule has 0 aliphatic heterocycles. The monoisotopic (exact) mass is 199 g/mol. The third-order valence-electron chi connectivity index (χ3n) is 1.86. The molecule has 0 rings (SSSR count). The van der Waals surface area contributed by atoms with Crippen LogP contribution < -0.4 is 0 Å². The molecule has 0 spiro atoms. The van der Waals surface area contributed by atoms with Gasteiger partial charge in [0.2, 0.25) is 0 Å². The van der Waals surface area contributed by atoms with Gasteiger partial charge >= 0.3 is 5.97 Å². The van der Waals surface area contributed by atoms with Gasteiger partial charge in [0.15, 0.2) is 5.34 Å². The van der Waals surface area contributed by atoms with Gasteiger partial charge in [0, 0.05) is 6.08 Å². The number of carbonyl (C=O) groups excluding carboxylic acids is 1. The molecule has 0 bridgehead atoms. The van der Waals surface area contributed by atoms with Crippen LogP contribution in [0, 0.1) is 4.91 Å². The summed E-state index contributed by atoms with van der Waals surface area (Å²) in [7, 11) is 0. The van der Waals surface area contributed by atoms with Crippen LogP contribution in [-0.4, -0.2) is 5.97 Å². The van der Waals surface area contributed by atoms with E-state index in [-0.39, 0.29) is 0 Å². The molecule has 0 amide bonds. The lowest BCUT2D eigenvalue weighted by molar-refractivity contribution is -0.138. The largest absolute Gasteiger partial charge is 0.361 e. The maximum absolute atomic E-state index is 10.6. The Balaban J connectivity index is 3.26. The first-order valence-corrected chi connectivity index (χ1v) is 5.01. The molecule has 0 aromatic carbocycles. The fraction of sp³-hybridized carbons (Fsp3) is 0.700. The second kappa shape index (κ2) is 9.89. The summed E-state index contributed by atoms with van der Waals surface area (Å²) in [5.74, 6) is -0.700. The molecule has 4 nitrogen and oxygen atoms in total. The summed E-state index contributed by atoms with van der Waals surface area (Å²) in [6.45, 7) is 2.17. The van der Waals surface area contributed by atoms with Crippen LogP contribution in [-0.2, 0) is 9.63 Å². The fourth-order valence-corrected chi connectivity index (χ4v) is 1.11. The van der Waals surface area contributed by atoms with Crippen LogP contribution >= 0.6 is 0 Å². The van der Waals surface area contributed by atoms with Crippen molar-refractivity contribution in [3.63, 3.8) is 0 Å². The van der Waals surface area contributed by atoms with Crippen molar-refractivity contribution >= 4 is 5.97 Å². The quantitative estimate of drug-likeness (QED) is 0.261. The summed E-state index contributed by atoms with van der Waals surface area (Å²) in [5.41, 5.74) is 0. The highest BCUT2D eigenvalue weighted by Gasteiger charge is 1.94. The van der Waals surface area contributed by atoms with E-state index in [0.29, 0.717) is 0 Å². The summed E-state index contributed by atoms with van der Waals surface area (Å²) in [4.78, 5) is 23.9. The molecule has 0 heterocycles. The van der Waals surface area contributed by atoms with E-state index in [2.05, 4.69) is 11.8 Å². The predicted octanol–water partition coefficient (Wildman–Crippen LogP) is 3.13. The molecule has 0 aliphatic carbocycles. The van der Waals surface area contributed by atoms with Crippen molar-refractivity contribution in [1.29, 1.82) is 0 Å². The maximum Gasteiger partial charge on any atom is 0.361 e. The van der Waals surface area contributed by atoms with E-state index >= 15 is 0 Å². The van der Waals surface area contributed by atoms with Gasteiger partial charge in [-0.2, -0.15) is 0 Å². The first-order valence-electron chi connectivity index (χ1n) is 5.01. The predicted molar refractivity (Wildman–Crippen MR) is 54.4 cm³/mol. The van der Waals surface area contributed by atoms with E-state index in [1.54, 1.807) is 6.08 Å². The molecule has 0 atom stereocenters. The minimum absolute atomic E-state index is 0.700. The van der Waals surface area contributed by atoms with Gasteiger partial charge in [0.1, 0.15) is 0 Å². The minimum Gasteiger partial charge on any atom is -0.280 e. The molecule has 80 valence electrons. The van der Waals surface area contributed by atoms with Gasteiger partial charge in [-0.1, -0.05) is 38.7 Å². The Kier molecular flexibility index (Phi) is 9.05. The topological polar surface area (TPSA) is 55.7 Å². The zero-order valence-corrected chi connectivity index (χ0v) is 8.57. The van der Waals surface area contributed by atoms with E-state index in [1.165, 1.54) is 31.8 Å². The number of allylic oxidation sites excluding steroid dienone is 1. The summed E-state index contributed by atoms with van der Waals surface area (Å²) in [6, 6.07) is 0. The van der Waals surface area contributed by atoms with Gasteiger partial charge in [0.25, 0.3) is 0 Å². The Morgan fingerprint density at radius 1 is 1.29 bits per heavy atom. The third kappa shape index (κ3) is 8.90. The van der Waals surface area contributed by atoms with E-state index in [0.717, 1.165) is 12.8 Å². The third-order valence-corrected chi connectivity index (χ3v) is 1.86. The number of hydrogen-bond acceptors (Lipinski definition) is 4. The first kappa shape index (κ1) is 12.8. The fourth-order valence-electron chi connectivity index (χ4n) is 1.11. The standard InChI is InChI=1S/C10H17NO3/c1-2-3-4-5-6-7-8-9-10(12)14-11-13/h8-9H,2-7H2,1H3/b9-8+. The van der Waals surface area contributed by atoms with Gasteiger partial charge in [-0.05, 0) is 12.8 Å². The molecular formula is C10H17NO3. The van der Waals surface area contributed by atoms with E-state index in [4.69, 9.17) is 0 Å². The minimum atomic E-state index is -0.700. The van der Waals surface area contributed by atoms with Crippen molar-refractivity contribution in [1.82, 2.24) is 0 Å². The van der Waals surface area contributed by atoms with Gasteiger partial charge < -0.3 is 0 Å². The van der Waals surface area contributed by atoms with Crippen molar-refractivity contribution in [3.8, 4) is 0 Å². The Morgan fingerprint density at radius 3 is 2.64 bits per heavy atom. The lowest BCUT2D eigenvalue weighted by Crippen LogP contribution is -1.92. The zero-order valence-electron chi connectivity index (χ0n) is 8.57. The SMILES string of the molecule is CCCCCCC/C=C/C(=O)ON=O. The average Bonchev–Trinajstić information content (AvgIpc) is 2.17. The molecule has 0 unspecified atom stereocenters. The highest BCUT2D eigenvalue weighted by Crippen LogP contribution is 2.05. The van der Waals surface area contributed by atoms with Crippen LogP contribution in [0.25, 0.3) is 0 Å². The summed E-state index contributed by atoms with van der Waals surface area (Å²) in [6.07, 6.45) is 9.77. The molecule has 0 aromatic heterocycles. The first-order chi connectivity index (χ1) is 6.81. The van der Waals surface area contributed by atoms with Crippen molar-refractivity contribution < 1.29 is 9.63 Å². The Morgan fingerprint density at radius 2 is 2.00 bits per heavy atom. The van der Waals surface area contributed by atoms with Crippen LogP contribution in [0.2, 0.25) is 0 Å². The Hall–Kier alpha value is -1.19. The highest BCUT2D eigenvalue weighted by molar-refractivity contribution is 5.81. The zero-order chi connectivity index (χ0) is 10.6. The smallest absolute Gasteiger partial charge is 0.280 e. The van der Waals surface area contributed by atoms with Crippen molar-refractivity contribution in [2.45, 2.75) is 45.4 Å². The van der Waals surface area contributed by atoms with E-state index in [1.807, 2.05) is 5.34 Å². The average molecular weight is 199 g/mol. The van der Waals surface area contributed by atoms with Gasteiger partial charge in [-0.25, -0.2) is 4.79 Å². The molecular weight excluding hydrogens is 182 g/mol. The maximum atomic E-state index is 10.6. The lowest BCUT2D eigenvalue weighted by Gasteiger charge is -1.95. The molecule has 0 aromatic rings. The van der Waals surface area contributed by atoms with Gasteiger partial charge in [-0.3, -0.25) is 4.84 Å². The molecule has 0 N–H and O–H groups in total. The number of carbonyl (C=O) groups is 1. The number of hydrogen-bond donors (Lipinski definition) is 0. The van der Waals surface area contributed by atoms with Crippen molar-refractivity contribution in [2.24, 2.45) is 5.34 Å². The van der Waals surface area contributed by atoms with E-state index in [9.17, 15) is 9.70 Å². The summed E-state index contributed by atoms with van der Waals surface area (Å²) in [5, 5.41) is 2.02. The van der Waals surface area contributed by atoms with Gasteiger partial charge in [0.05, 0.1) is 0 Å². The molecule has 4 heteroatoms. The highest BCUT2D eigenvalue weighted by atomic mass is 16.7. The number of nitrogens with zero attached hydrogens (tertiary/aromatic N) is 1. The van der Waals surface area contributed by atoms with Gasteiger partial charge in [-0.15, -0.1) is 4.91 Å². The Labute approximate surface area is 84.3 Å². The molecule has 0 fully saturated rings. The molecule has 14 heavy (non-hydrogen) atoms. The Bertz CT molecular complexity index is 190. The van der Waals surface area contributed by atoms with E-state index < -0.39 is 5.97 Å². The van der Waals surface area contributed by atoms with Crippen LogP contribution in [0.3, 0.4) is 0 Å².